The first-order valence-electron chi connectivity index (χ1n) is 17.9. The van der Waals surface area contributed by atoms with Gasteiger partial charge in [-0.1, -0.05) is 0 Å². The van der Waals surface area contributed by atoms with E-state index in [9.17, 15) is 15.3 Å². The van der Waals surface area contributed by atoms with Crippen molar-refractivity contribution in [2.45, 2.75) is 24.4 Å². The SMILES string of the molecule is NC(CNCC[NH3+])COCC(COCC(O)CN1CCNCC1)(COCC(O)CN1CCNCC1)COCC(O)CN1CC[NH2+]CC1. The summed E-state index contributed by atoms with van der Waals surface area (Å²) in [7, 11) is 0. The van der Waals surface area contributed by atoms with Crippen molar-refractivity contribution >= 4 is 0 Å². The Labute approximate surface area is 282 Å². The molecule has 4 unspecified atom stereocenters. The number of hydrogen-bond acceptors (Lipinski definition) is 14. The molecule has 0 aliphatic carbocycles. The number of aliphatic hydroxyl groups is 3. The third-order valence-electron chi connectivity index (χ3n) is 8.78. The lowest BCUT2D eigenvalue weighted by molar-refractivity contribution is -0.663. The first-order valence-corrected chi connectivity index (χ1v) is 17.9. The molecule has 0 saturated carbocycles. The van der Waals surface area contributed by atoms with Gasteiger partial charge in [0.1, 0.15) is 0 Å². The van der Waals surface area contributed by atoms with E-state index < -0.39 is 23.7 Å². The number of piperazine rings is 3. The molecular formula is C31H69N9O7+2. The van der Waals surface area contributed by atoms with Gasteiger partial charge in [-0.2, -0.15) is 0 Å². The minimum Gasteiger partial charge on any atom is -0.389 e. The zero-order valence-corrected chi connectivity index (χ0v) is 28.9. The van der Waals surface area contributed by atoms with E-state index >= 15 is 0 Å². The van der Waals surface area contributed by atoms with E-state index in [2.05, 4.69) is 41.7 Å². The maximum Gasteiger partial charge on any atom is 0.0900 e. The number of nitrogens with zero attached hydrogens (tertiary/aromatic N) is 3. The highest BCUT2D eigenvalue weighted by atomic mass is 16.5. The highest BCUT2D eigenvalue weighted by Gasteiger charge is 2.34. The molecule has 16 nitrogen and oxygen atoms in total. The van der Waals surface area contributed by atoms with E-state index in [0.717, 1.165) is 91.6 Å². The number of hydrogen-bond donors (Lipinski definition) is 9. The summed E-state index contributed by atoms with van der Waals surface area (Å²) < 4.78 is 24.7. The lowest BCUT2D eigenvalue weighted by Crippen LogP contribution is -2.89. The Hall–Kier alpha value is -0.640. The molecule has 13 N–H and O–H groups in total. The molecule has 16 heteroatoms. The van der Waals surface area contributed by atoms with Gasteiger partial charge >= 0.3 is 0 Å². The predicted octanol–water partition coefficient (Wildman–Crippen LogP) is -7.03. The molecular weight excluding hydrogens is 610 g/mol. The largest absolute Gasteiger partial charge is 0.389 e. The summed E-state index contributed by atoms with van der Waals surface area (Å²) in [5.74, 6) is 0. The lowest BCUT2D eigenvalue weighted by Gasteiger charge is -2.35. The van der Waals surface area contributed by atoms with Crippen LogP contribution in [0.4, 0.5) is 0 Å². The third kappa shape index (κ3) is 18.2. The average molecular weight is 680 g/mol. The van der Waals surface area contributed by atoms with Gasteiger partial charge in [-0.25, -0.2) is 0 Å². The van der Waals surface area contributed by atoms with Crippen molar-refractivity contribution in [2.75, 3.05) is 171 Å². The maximum absolute atomic E-state index is 10.8. The van der Waals surface area contributed by atoms with Crippen LogP contribution in [0.5, 0.6) is 0 Å². The Bertz CT molecular complexity index is 684. The first-order chi connectivity index (χ1) is 22.9. The van der Waals surface area contributed by atoms with Crippen LogP contribution in [0.2, 0.25) is 0 Å². The molecule has 47 heavy (non-hydrogen) atoms. The van der Waals surface area contributed by atoms with Crippen molar-refractivity contribution in [3.05, 3.63) is 0 Å². The third-order valence-corrected chi connectivity index (χ3v) is 8.78. The van der Waals surface area contributed by atoms with Crippen molar-refractivity contribution in [3.63, 3.8) is 0 Å². The molecule has 0 aromatic heterocycles. The van der Waals surface area contributed by atoms with E-state index in [1.54, 1.807) is 0 Å². The van der Waals surface area contributed by atoms with Crippen LogP contribution in [-0.4, -0.2) is 225 Å². The van der Waals surface area contributed by atoms with E-state index in [4.69, 9.17) is 24.7 Å². The molecule has 3 saturated heterocycles. The summed E-state index contributed by atoms with van der Waals surface area (Å²) in [6, 6.07) is -0.202. The predicted molar refractivity (Wildman–Crippen MR) is 179 cm³/mol. The van der Waals surface area contributed by atoms with E-state index in [1.807, 2.05) is 0 Å². The summed E-state index contributed by atoms with van der Waals surface area (Å²) in [4.78, 5) is 6.73. The summed E-state index contributed by atoms with van der Waals surface area (Å²) in [6.45, 7) is 16.8. The number of quaternary nitrogens is 2. The van der Waals surface area contributed by atoms with E-state index in [-0.39, 0.29) is 52.3 Å². The second-order valence-corrected chi connectivity index (χ2v) is 13.6. The molecule has 0 amide bonds. The second-order valence-electron chi connectivity index (χ2n) is 13.6. The zero-order chi connectivity index (χ0) is 33.6. The maximum atomic E-state index is 10.8. The van der Waals surface area contributed by atoms with Gasteiger partial charge in [-0.05, 0) is 0 Å². The molecule has 3 heterocycles. The molecule has 4 atom stereocenters. The van der Waals surface area contributed by atoms with Gasteiger partial charge in [0.15, 0.2) is 0 Å². The standard InChI is InChI=1S/C31H67N9O7/c32-1-2-37-15-27(33)19-44-23-31(24-45-20-28(41)16-38-9-3-34-4-10-38,25-46-21-29(42)17-39-11-5-35-6-12-39)26-47-22-30(43)18-40-13-7-36-8-14-40/h27-30,34-37,41-43H,1-26,32-33H2/p+2. The van der Waals surface area contributed by atoms with Crippen LogP contribution in [0.25, 0.3) is 0 Å². The quantitative estimate of drug-likeness (QED) is 0.0389. The van der Waals surface area contributed by atoms with Gasteiger partial charge in [0.2, 0.25) is 0 Å². The summed E-state index contributed by atoms with van der Waals surface area (Å²) in [5, 5.41) is 44.6. The topological polar surface area (TPSA) is 214 Å². The van der Waals surface area contributed by atoms with Crippen LogP contribution < -0.4 is 32.7 Å². The first kappa shape index (κ1) is 40.8. The van der Waals surface area contributed by atoms with Crippen molar-refractivity contribution in [1.82, 2.24) is 30.7 Å². The van der Waals surface area contributed by atoms with Gasteiger partial charge in [-0.15, -0.1) is 0 Å². The number of nitrogens with one attached hydrogen (secondary N) is 3. The Morgan fingerprint density at radius 2 is 1.09 bits per heavy atom. The molecule has 0 aromatic carbocycles. The number of β-amino-alcohol motifs (C(OH)–C–C–N with tert-alkyl or cyclic N) is 3. The highest BCUT2D eigenvalue weighted by Crippen LogP contribution is 2.22. The van der Waals surface area contributed by atoms with Crippen molar-refractivity contribution in [2.24, 2.45) is 11.1 Å². The molecule has 3 rings (SSSR count). The van der Waals surface area contributed by atoms with E-state index in [1.165, 1.54) is 0 Å². The Balaban J connectivity index is 1.59. The molecule has 3 aliphatic heterocycles. The van der Waals surface area contributed by atoms with Gasteiger partial charge in [-0.3, -0.25) is 14.7 Å². The van der Waals surface area contributed by atoms with Gasteiger partial charge in [0.25, 0.3) is 0 Å². The molecule has 0 spiro atoms. The number of aliphatic hydroxyl groups excluding tert-OH is 3. The number of ether oxygens (including phenoxy) is 4. The van der Waals surface area contributed by atoms with Crippen molar-refractivity contribution in [1.29, 1.82) is 0 Å². The van der Waals surface area contributed by atoms with Gasteiger partial charge < -0.3 is 67.0 Å². The molecule has 3 fully saturated rings. The number of rotatable bonds is 26. The lowest BCUT2D eigenvalue weighted by atomic mass is 9.92. The minimum absolute atomic E-state index is 0.167. The van der Waals surface area contributed by atoms with Crippen LogP contribution in [-0.2, 0) is 18.9 Å². The molecule has 0 radical (unpaired) electrons. The molecule has 0 aromatic rings. The smallest absolute Gasteiger partial charge is 0.0900 e. The Morgan fingerprint density at radius 1 is 0.681 bits per heavy atom. The summed E-state index contributed by atoms with van der Waals surface area (Å²) >= 11 is 0. The number of nitrogens with two attached hydrogens (primary N) is 2. The fraction of sp³-hybridized carbons (Fsp3) is 1.00. The van der Waals surface area contributed by atoms with Crippen molar-refractivity contribution < 1.29 is 45.3 Å². The fourth-order valence-electron chi connectivity index (χ4n) is 6.21. The minimum atomic E-state index is -0.746. The normalized spacial score (nSPS) is 22.9. The molecule has 0 bridgehead atoms. The van der Waals surface area contributed by atoms with Gasteiger partial charge in [0.05, 0.1) is 96.2 Å². The van der Waals surface area contributed by atoms with Crippen LogP contribution >= 0.6 is 0 Å². The second kappa shape index (κ2) is 24.5. The monoisotopic (exact) mass is 680 g/mol. The summed E-state index contributed by atoms with van der Waals surface area (Å²) in [6.07, 6.45) is -1.89. The fourth-order valence-corrected chi connectivity index (χ4v) is 6.21. The molecule has 278 valence electrons. The van der Waals surface area contributed by atoms with Crippen LogP contribution in [0.15, 0.2) is 0 Å². The summed E-state index contributed by atoms with van der Waals surface area (Å²) in [5.41, 5.74) is 9.41. The van der Waals surface area contributed by atoms with E-state index in [0.29, 0.717) is 32.8 Å². The highest BCUT2D eigenvalue weighted by molar-refractivity contribution is 4.82. The Kier molecular flexibility index (Phi) is 21.3. The van der Waals surface area contributed by atoms with Crippen molar-refractivity contribution in [3.8, 4) is 0 Å². The Morgan fingerprint density at radius 3 is 1.51 bits per heavy atom. The average Bonchev–Trinajstić information content (AvgIpc) is 3.06. The van der Waals surface area contributed by atoms with Crippen LogP contribution in [0.3, 0.4) is 0 Å². The van der Waals surface area contributed by atoms with Crippen LogP contribution in [0, 0.1) is 5.41 Å². The molecule has 3 aliphatic rings. The van der Waals surface area contributed by atoms with Crippen LogP contribution in [0.1, 0.15) is 0 Å². The zero-order valence-electron chi connectivity index (χ0n) is 28.9. The van der Waals surface area contributed by atoms with Gasteiger partial charge in [0, 0.05) is 104 Å².